The highest BCUT2D eigenvalue weighted by atomic mass is 16.2. The third kappa shape index (κ3) is 3.08. The second-order valence-corrected chi connectivity index (χ2v) is 6.37. The molecule has 3 aromatic heterocycles. The molecule has 4 aromatic rings. The number of carbonyl (C=O) groups is 1. The summed E-state index contributed by atoms with van der Waals surface area (Å²) in [6.45, 7) is 4.64. The molecule has 0 atom stereocenters. The highest BCUT2D eigenvalue weighted by molar-refractivity contribution is 5.96. The molecule has 0 unspecified atom stereocenters. The number of nitrogens with zero attached hydrogens (tertiary/aromatic N) is 3. The molecule has 0 bridgehead atoms. The molecule has 7 heteroatoms. The van der Waals surface area contributed by atoms with Crippen molar-refractivity contribution in [3.05, 3.63) is 69.9 Å². The molecule has 0 aliphatic heterocycles. The number of benzene rings is 1. The lowest BCUT2D eigenvalue weighted by Crippen LogP contribution is -2.30. The number of aromatic nitrogens is 4. The van der Waals surface area contributed by atoms with Crippen molar-refractivity contribution in [1.82, 2.24) is 24.8 Å². The average molecular weight is 361 g/mol. The number of H-pyrrole nitrogens is 1. The number of aromatic amines is 1. The summed E-state index contributed by atoms with van der Waals surface area (Å²) in [5, 5.41) is 3.22. The molecule has 0 saturated carbocycles. The van der Waals surface area contributed by atoms with Crippen molar-refractivity contribution in [2.75, 3.05) is 0 Å². The first kappa shape index (κ1) is 17.0. The Morgan fingerprint density at radius 3 is 2.78 bits per heavy atom. The van der Waals surface area contributed by atoms with E-state index in [-0.39, 0.29) is 17.5 Å². The predicted octanol–water partition coefficient (Wildman–Crippen LogP) is 2.53. The van der Waals surface area contributed by atoms with Gasteiger partial charge in [0.2, 0.25) is 5.43 Å². The van der Waals surface area contributed by atoms with Gasteiger partial charge in [0, 0.05) is 18.4 Å². The van der Waals surface area contributed by atoms with Gasteiger partial charge in [-0.1, -0.05) is 12.1 Å². The lowest BCUT2D eigenvalue weighted by atomic mass is 10.1. The van der Waals surface area contributed by atoms with Crippen LogP contribution in [0.5, 0.6) is 0 Å². The van der Waals surface area contributed by atoms with Crippen molar-refractivity contribution in [2.45, 2.75) is 26.9 Å². The van der Waals surface area contributed by atoms with E-state index in [0.29, 0.717) is 23.4 Å². The number of pyridine rings is 2. The van der Waals surface area contributed by atoms with Crippen LogP contribution in [0, 0.1) is 6.92 Å². The summed E-state index contributed by atoms with van der Waals surface area (Å²) in [4.78, 5) is 37.4. The molecule has 27 heavy (non-hydrogen) atoms. The van der Waals surface area contributed by atoms with Crippen LogP contribution in [0.3, 0.4) is 0 Å². The van der Waals surface area contributed by atoms with Gasteiger partial charge >= 0.3 is 0 Å². The lowest BCUT2D eigenvalue weighted by Gasteiger charge is -2.11. The molecule has 2 N–H and O–H groups in total. The summed E-state index contributed by atoms with van der Waals surface area (Å²) in [5.74, 6) is 0.212. The molecule has 7 nitrogen and oxygen atoms in total. The van der Waals surface area contributed by atoms with Crippen molar-refractivity contribution in [3.8, 4) is 0 Å². The number of aryl methyl sites for hydroxylation is 2. The second-order valence-electron chi connectivity index (χ2n) is 6.37. The van der Waals surface area contributed by atoms with Gasteiger partial charge in [-0.05, 0) is 38.1 Å². The van der Waals surface area contributed by atoms with Crippen LogP contribution < -0.4 is 10.7 Å². The minimum Gasteiger partial charge on any atom is -0.345 e. The number of carbonyl (C=O) groups excluding carboxylic acids is 1. The fraction of sp³-hybridized carbons (Fsp3) is 0.200. The quantitative estimate of drug-likeness (QED) is 0.584. The van der Waals surface area contributed by atoms with Crippen molar-refractivity contribution in [1.29, 1.82) is 0 Å². The van der Waals surface area contributed by atoms with Crippen LogP contribution in [0.2, 0.25) is 0 Å². The number of amides is 1. The molecule has 4 rings (SSSR count). The fourth-order valence-electron chi connectivity index (χ4n) is 3.11. The molecular formula is C20H19N5O2. The topological polar surface area (TPSA) is 92.7 Å². The zero-order valence-corrected chi connectivity index (χ0v) is 15.1. The van der Waals surface area contributed by atoms with Gasteiger partial charge in [0.05, 0.1) is 23.0 Å². The zero-order valence-electron chi connectivity index (χ0n) is 15.1. The second kappa shape index (κ2) is 6.68. The third-order valence-corrected chi connectivity index (χ3v) is 4.50. The molecule has 0 aliphatic carbocycles. The first-order valence-corrected chi connectivity index (χ1v) is 8.79. The van der Waals surface area contributed by atoms with Crippen molar-refractivity contribution in [3.63, 3.8) is 0 Å². The Kier molecular flexibility index (Phi) is 4.19. The Labute approximate surface area is 155 Å². The van der Waals surface area contributed by atoms with Gasteiger partial charge in [0.1, 0.15) is 17.0 Å². The fourth-order valence-corrected chi connectivity index (χ4v) is 3.11. The predicted molar refractivity (Wildman–Crippen MR) is 104 cm³/mol. The molecular weight excluding hydrogens is 342 g/mol. The Balaban J connectivity index is 1.65. The van der Waals surface area contributed by atoms with E-state index >= 15 is 0 Å². The molecule has 1 amide bonds. The summed E-state index contributed by atoms with van der Waals surface area (Å²) in [6.07, 6.45) is 1.57. The summed E-state index contributed by atoms with van der Waals surface area (Å²) < 4.78 is 1.82. The van der Waals surface area contributed by atoms with Crippen LogP contribution in [-0.4, -0.2) is 25.4 Å². The van der Waals surface area contributed by atoms with E-state index in [0.717, 1.165) is 16.7 Å². The SMILES string of the molecule is CCn1cc(C(=O)NCc2nc3ccccc3[nH]2)c(=O)c2ccc(C)nc21. The van der Waals surface area contributed by atoms with Gasteiger partial charge in [0.25, 0.3) is 5.91 Å². The maximum atomic E-state index is 12.8. The van der Waals surface area contributed by atoms with E-state index < -0.39 is 5.91 Å². The molecule has 0 aliphatic rings. The van der Waals surface area contributed by atoms with Crippen molar-refractivity contribution < 1.29 is 4.79 Å². The average Bonchev–Trinajstić information content (AvgIpc) is 3.09. The third-order valence-electron chi connectivity index (χ3n) is 4.50. The van der Waals surface area contributed by atoms with Gasteiger partial charge in [-0.2, -0.15) is 0 Å². The van der Waals surface area contributed by atoms with E-state index in [2.05, 4.69) is 20.3 Å². The standard InChI is InChI=1S/C20H19N5O2/c1-3-25-11-14(18(26)13-9-8-12(2)22-19(13)25)20(27)21-10-17-23-15-6-4-5-7-16(15)24-17/h4-9,11H,3,10H2,1-2H3,(H,21,27)(H,23,24). The molecule has 0 spiro atoms. The Bertz CT molecular complexity index is 1190. The highest BCUT2D eigenvalue weighted by Gasteiger charge is 2.16. The molecule has 1 aromatic carbocycles. The first-order chi connectivity index (χ1) is 13.1. The van der Waals surface area contributed by atoms with Crippen LogP contribution >= 0.6 is 0 Å². The molecule has 3 heterocycles. The van der Waals surface area contributed by atoms with Crippen molar-refractivity contribution >= 4 is 28.0 Å². The van der Waals surface area contributed by atoms with E-state index in [4.69, 9.17) is 0 Å². The van der Waals surface area contributed by atoms with Crippen LogP contribution in [0.1, 0.15) is 28.8 Å². The summed E-state index contributed by atoms with van der Waals surface area (Å²) >= 11 is 0. The molecule has 136 valence electrons. The number of imidazole rings is 1. The Hall–Kier alpha value is -3.48. The van der Waals surface area contributed by atoms with E-state index in [1.807, 2.05) is 42.7 Å². The molecule has 0 fully saturated rings. The number of fused-ring (bicyclic) bond motifs is 2. The molecule has 0 radical (unpaired) electrons. The number of para-hydroxylation sites is 2. The number of nitrogens with one attached hydrogen (secondary N) is 2. The zero-order chi connectivity index (χ0) is 19.0. The number of hydrogen-bond acceptors (Lipinski definition) is 4. The summed E-state index contributed by atoms with van der Waals surface area (Å²) in [7, 11) is 0. The van der Waals surface area contributed by atoms with E-state index in [1.165, 1.54) is 0 Å². The van der Waals surface area contributed by atoms with E-state index in [9.17, 15) is 9.59 Å². The van der Waals surface area contributed by atoms with Crippen LogP contribution in [0.25, 0.3) is 22.1 Å². The summed E-state index contributed by atoms with van der Waals surface area (Å²) in [6, 6.07) is 11.1. The van der Waals surface area contributed by atoms with Gasteiger partial charge in [-0.15, -0.1) is 0 Å². The molecule has 0 saturated heterocycles. The number of hydrogen-bond donors (Lipinski definition) is 2. The van der Waals surface area contributed by atoms with Gasteiger partial charge in [-0.25, -0.2) is 9.97 Å². The van der Waals surface area contributed by atoms with Crippen LogP contribution in [0.4, 0.5) is 0 Å². The first-order valence-electron chi connectivity index (χ1n) is 8.79. The van der Waals surface area contributed by atoms with Gasteiger partial charge < -0.3 is 14.9 Å². The van der Waals surface area contributed by atoms with Gasteiger partial charge in [-0.3, -0.25) is 9.59 Å². The van der Waals surface area contributed by atoms with E-state index in [1.54, 1.807) is 18.3 Å². The Morgan fingerprint density at radius 2 is 2.00 bits per heavy atom. The van der Waals surface area contributed by atoms with Crippen LogP contribution in [0.15, 0.2) is 47.4 Å². The largest absolute Gasteiger partial charge is 0.345 e. The Morgan fingerprint density at radius 1 is 1.19 bits per heavy atom. The normalized spacial score (nSPS) is 11.2. The minimum absolute atomic E-state index is 0.103. The van der Waals surface area contributed by atoms with Gasteiger partial charge in [0.15, 0.2) is 0 Å². The monoisotopic (exact) mass is 361 g/mol. The maximum Gasteiger partial charge on any atom is 0.257 e. The minimum atomic E-state index is -0.426. The van der Waals surface area contributed by atoms with Crippen LogP contribution in [-0.2, 0) is 13.1 Å². The summed E-state index contributed by atoms with van der Waals surface area (Å²) in [5.41, 5.74) is 2.95. The van der Waals surface area contributed by atoms with Crippen molar-refractivity contribution in [2.24, 2.45) is 0 Å². The smallest absolute Gasteiger partial charge is 0.257 e. The number of rotatable bonds is 4. The highest BCUT2D eigenvalue weighted by Crippen LogP contribution is 2.12. The maximum absolute atomic E-state index is 12.8. The lowest BCUT2D eigenvalue weighted by molar-refractivity contribution is 0.0948.